The molecule has 6 rings (SSSR count). The van der Waals surface area contributed by atoms with Crippen molar-refractivity contribution in [2.45, 2.75) is 107 Å². The molecule has 1 aliphatic carbocycles. The zero-order chi connectivity index (χ0) is 40.5. The number of benzene rings is 1. The number of halogens is 6. The molecule has 2 saturated heterocycles. The zero-order valence-electron chi connectivity index (χ0n) is 30.6. The van der Waals surface area contributed by atoms with E-state index in [1.165, 1.54) is 4.90 Å². The fourth-order valence-corrected chi connectivity index (χ4v) is 9.10. The van der Waals surface area contributed by atoms with Crippen LogP contribution in [-0.2, 0) is 27.5 Å². The van der Waals surface area contributed by atoms with E-state index in [2.05, 4.69) is 4.98 Å². The molecule has 3 fully saturated rings. The van der Waals surface area contributed by atoms with Crippen LogP contribution in [0.15, 0.2) is 54.2 Å². The monoisotopic (exact) mass is 811 g/mol. The number of hydrogen-bond donors (Lipinski definition) is 2. The van der Waals surface area contributed by atoms with Crippen molar-refractivity contribution in [3.05, 3.63) is 75.7 Å². The Bertz CT molecular complexity index is 1900. The molecule has 0 bridgehead atoms. The Kier molecular flexibility index (Phi) is 12.0. The number of likely N-dealkylation sites (tertiary alicyclic amines) is 2. The Morgan fingerprint density at radius 2 is 1.73 bits per heavy atom. The average molecular weight is 812 g/mol. The molecule has 2 amide bonds. The van der Waals surface area contributed by atoms with Crippen LogP contribution in [-0.4, -0.2) is 80.2 Å². The van der Waals surface area contributed by atoms with E-state index in [9.17, 15) is 50.9 Å². The number of aliphatic carboxylic acids is 1. The number of ether oxygens (including phenoxy) is 2. The number of thiophene rings is 1. The second kappa shape index (κ2) is 16.2. The molecule has 2 N–H and O–H groups in total. The summed E-state index contributed by atoms with van der Waals surface area (Å²) < 4.78 is 96.0. The number of carboxylic acid groups (broad SMARTS) is 1. The summed E-state index contributed by atoms with van der Waals surface area (Å²) in [5.74, 6) is -2.42. The molecule has 2 aliphatic heterocycles. The Morgan fingerprint density at radius 1 is 1.00 bits per heavy atom. The number of alkyl halides is 6. The van der Waals surface area contributed by atoms with Gasteiger partial charge >= 0.3 is 18.3 Å². The lowest BCUT2D eigenvalue weighted by Gasteiger charge is -2.51. The quantitative estimate of drug-likeness (QED) is 0.187. The molecule has 3 aliphatic rings. The summed E-state index contributed by atoms with van der Waals surface area (Å²) in [5, 5.41) is 22.4. The number of para-hydroxylation sites is 1. The normalized spacial score (nSPS) is 24.2. The van der Waals surface area contributed by atoms with Crippen molar-refractivity contribution < 1.29 is 60.4 Å². The zero-order valence-corrected chi connectivity index (χ0v) is 31.4. The standard InChI is InChI=1S/C39H43F6N3O7S/c1-2-6-31-37(55-26-21-32(56-23-26)39(43,44)45,12-5-16-48(31)34(51)27-22-46-15-11-28(27)38(40,41)42)35(52)47-17-13-36(53,14-18-47)29-7-3-4-8-30(29)54-25-10-9-24(19-25)20-33(49)50/h3-4,7-8,11,15,21-25,31,53H,2,5-6,9-10,12-14,16-20H2,1H3,(H,49,50). The summed E-state index contributed by atoms with van der Waals surface area (Å²) in [6.45, 7) is 1.66. The number of amides is 2. The largest absolute Gasteiger partial charge is 0.490 e. The fraction of sp³-hybridized carbons (Fsp3) is 0.538. The molecule has 56 heavy (non-hydrogen) atoms. The van der Waals surface area contributed by atoms with Crippen LogP contribution in [0.25, 0.3) is 0 Å². The molecule has 17 heteroatoms. The third-order valence-corrected chi connectivity index (χ3v) is 12.0. The third kappa shape index (κ3) is 8.62. The highest BCUT2D eigenvalue weighted by molar-refractivity contribution is 7.10. The molecule has 2 aromatic heterocycles. The molecule has 3 aromatic rings. The number of carbonyl (C=O) groups excluding carboxylic acids is 2. The van der Waals surface area contributed by atoms with Crippen molar-refractivity contribution in [2.24, 2.45) is 5.92 Å². The summed E-state index contributed by atoms with van der Waals surface area (Å²) in [4.78, 5) is 45.6. The highest BCUT2D eigenvalue weighted by atomic mass is 32.1. The Labute approximate surface area is 323 Å². The van der Waals surface area contributed by atoms with Crippen molar-refractivity contribution in [3.63, 3.8) is 0 Å². The SMILES string of the molecule is CCCC1N(C(=O)c2cnccc2C(F)(F)F)CCCC1(Oc1csc(C(F)(F)F)c1)C(=O)N1CCC(O)(c2ccccc2OC2CCC(CC(=O)O)C2)CC1. The van der Waals surface area contributed by atoms with Gasteiger partial charge in [-0.2, -0.15) is 26.3 Å². The molecule has 1 saturated carbocycles. The second-order valence-electron chi connectivity index (χ2n) is 14.8. The van der Waals surface area contributed by atoms with E-state index in [0.717, 1.165) is 28.7 Å². The van der Waals surface area contributed by atoms with Crippen molar-refractivity contribution in [3.8, 4) is 11.5 Å². The summed E-state index contributed by atoms with van der Waals surface area (Å²) >= 11 is 0.367. The number of piperidine rings is 2. The van der Waals surface area contributed by atoms with Crippen LogP contribution in [0.4, 0.5) is 26.3 Å². The van der Waals surface area contributed by atoms with E-state index < -0.39 is 63.4 Å². The topological polar surface area (TPSA) is 130 Å². The van der Waals surface area contributed by atoms with E-state index in [-0.39, 0.29) is 75.9 Å². The first-order valence-corrected chi connectivity index (χ1v) is 19.5. The highest BCUT2D eigenvalue weighted by Gasteiger charge is 2.56. The van der Waals surface area contributed by atoms with Crippen LogP contribution in [0.2, 0.25) is 0 Å². The van der Waals surface area contributed by atoms with E-state index in [4.69, 9.17) is 9.47 Å². The van der Waals surface area contributed by atoms with Crippen LogP contribution >= 0.6 is 11.3 Å². The predicted molar refractivity (Wildman–Crippen MR) is 191 cm³/mol. The van der Waals surface area contributed by atoms with E-state index >= 15 is 0 Å². The van der Waals surface area contributed by atoms with Crippen LogP contribution in [0.5, 0.6) is 11.5 Å². The minimum atomic E-state index is -4.90. The molecule has 0 radical (unpaired) electrons. The smallest absolute Gasteiger partial charge is 0.425 e. The van der Waals surface area contributed by atoms with Gasteiger partial charge in [-0.05, 0) is 63.0 Å². The number of carbonyl (C=O) groups is 3. The van der Waals surface area contributed by atoms with Crippen molar-refractivity contribution in [1.29, 1.82) is 0 Å². The van der Waals surface area contributed by atoms with Gasteiger partial charge in [0.15, 0.2) is 0 Å². The first kappa shape index (κ1) is 41.3. The molecule has 4 atom stereocenters. The van der Waals surface area contributed by atoms with Crippen molar-refractivity contribution in [1.82, 2.24) is 14.8 Å². The fourth-order valence-electron chi connectivity index (χ4n) is 8.42. The van der Waals surface area contributed by atoms with Crippen LogP contribution in [0, 0.1) is 5.92 Å². The first-order valence-electron chi connectivity index (χ1n) is 18.6. The van der Waals surface area contributed by atoms with Gasteiger partial charge in [0, 0.05) is 61.9 Å². The predicted octanol–water partition coefficient (Wildman–Crippen LogP) is 7.94. The van der Waals surface area contributed by atoms with Gasteiger partial charge in [-0.15, -0.1) is 11.3 Å². The minimum Gasteiger partial charge on any atom is -0.490 e. The van der Waals surface area contributed by atoms with Crippen LogP contribution in [0.1, 0.15) is 97.5 Å². The lowest BCUT2D eigenvalue weighted by Crippen LogP contribution is -2.68. The minimum absolute atomic E-state index is 0.0238. The van der Waals surface area contributed by atoms with Gasteiger partial charge in [-0.1, -0.05) is 31.5 Å². The lowest BCUT2D eigenvalue weighted by atomic mass is 9.78. The number of pyridine rings is 1. The van der Waals surface area contributed by atoms with E-state index in [1.54, 1.807) is 31.2 Å². The summed E-state index contributed by atoms with van der Waals surface area (Å²) in [7, 11) is 0. The molecule has 4 unspecified atom stereocenters. The van der Waals surface area contributed by atoms with Crippen LogP contribution in [0.3, 0.4) is 0 Å². The summed E-state index contributed by atoms with van der Waals surface area (Å²) in [5.41, 5.74) is -4.89. The third-order valence-electron chi connectivity index (χ3n) is 11.1. The lowest BCUT2D eigenvalue weighted by molar-refractivity contribution is -0.163. The second-order valence-corrected chi connectivity index (χ2v) is 15.7. The Morgan fingerprint density at radius 3 is 2.39 bits per heavy atom. The molecular formula is C39H43F6N3O7S. The molecule has 304 valence electrons. The Balaban J connectivity index is 1.30. The maximum Gasteiger partial charge on any atom is 0.425 e. The number of carboxylic acids is 1. The number of hydrogen-bond acceptors (Lipinski definition) is 8. The van der Waals surface area contributed by atoms with E-state index in [0.29, 0.717) is 54.4 Å². The van der Waals surface area contributed by atoms with Gasteiger partial charge in [0.25, 0.3) is 11.8 Å². The van der Waals surface area contributed by atoms with E-state index in [1.807, 2.05) is 0 Å². The number of aliphatic hydroxyl groups is 1. The maximum absolute atomic E-state index is 15.0. The summed E-state index contributed by atoms with van der Waals surface area (Å²) in [6, 6.07) is 7.23. The summed E-state index contributed by atoms with van der Waals surface area (Å²) in [6.07, 6.45) is -5.64. The molecule has 0 spiro atoms. The van der Waals surface area contributed by atoms with Crippen LogP contribution < -0.4 is 9.47 Å². The van der Waals surface area contributed by atoms with Gasteiger partial charge in [-0.25, -0.2) is 0 Å². The van der Waals surface area contributed by atoms with Gasteiger partial charge in [0.2, 0.25) is 5.60 Å². The molecule has 4 heterocycles. The molecule has 1 aromatic carbocycles. The highest BCUT2D eigenvalue weighted by Crippen LogP contribution is 2.45. The van der Waals surface area contributed by atoms with Gasteiger partial charge in [0.05, 0.1) is 28.9 Å². The number of rotatable bonds is 11. The number of nitrogens with zero attached hydrogens (tertiary/aromatic N) is 3. The van der Waals surface area contributed by atoms with Gasteiger partial charge in [-0.3, -0.25) is 19.4 Å². The van der Waals surface area contributed by atoms with Gasteiger partial charge < -0.3 is 29.5 Å². The average Bonchev–Trinajstić information content (AvgIpc) is 3.81. The Hall–Kier alpha value is -4.38. The molecular weight excluding hydrogens is 768 g/mol. The molecule has 10 nitrogen and oxygen atoms in total. The van der Waals surface area contributed by atoms with Crippen molar-refractivity contribution in [2.75, 3.05) is 19.6 Å². The first-order chi connectivity index (χ1) is 26.4. The van der Waals surface area contributed by atoms with Gasteiger partial charge in [0.1, 0.15) is 16.4 Å². The van der Waals surface area contributed by atoms with Crippen molar-refractivity contribution >= 4 is 29.1 Å². The maximum atomic E-state index is 15.0. The number of aromatic nitrogens is 1.